The third kappa shape index (κ3) is 10.5. The van der Waals surface area contributed by atoms with E-state index in [-0.39, 0.29) is 49.8 Å². The Hall–Kier alpha value is -6.37. The first-order valence-electron chi connectivity index (χ1n) is 23.4. The van der Waals surface area contributed by atoms with Crippen molar-refractivity contribution in [2.75, 3.05) is 40.4 Å². The number of nitriles is 1. The molecule has 4 amide bonds. The smallest absolute Gasteiger partial charge is 0.324 e. The summed E-state index contributed by atoms with van der Waals surface area (Å²) in [5.41, 5.74) is 9.75. The highest BCUT2D eigenvalue weighted by molar-refractivity contribution is 5.96. The van der Waals surface area contributed by atoms with Crippen LogP contribution in [0.4, 0.5) is 0 Å². The van der Waals surface area contributed by atoms with E-state index in [0.29, 0.717) is 45.3 Å². The second kappa shape index (κ2) is 20.7. The largest absolute Gasteiger partial charge is 0.464 e. The van der Waals surface area contributed by atoms with Crippen molar-refractivity contribution in [3.05, 3.63) is 90.3 Å². The molecule has 2 N–H and O–H groups in total. The van der Waals surface area contributed by atoms with Crippen molar-refractivity contribution in [1.29, 1.82) is 5.26 Å². The lowest BCUT2D eigenvalue weighted by atomic mass is 9.84. The van der Waals surface area contributed by atoms with Gasteiger partial charge < -0.3 is 29.2 Å². The molecule has 7 rings (SSSR count). The first kappa shape index (κ1) is 48.6. The number of cyclic esters (lactones) is 1. The SMILES string of the molecule is C=CC(=O)N1CC[C@H](C(=O)N(C)C(C(=O)N[C@H]2Cc3cccc(c3)-c3ccc4c(c3)c(c(-c3cccnc3[C@H](C)OC)n4CCC#N)CC(C)(C)COC(=O)[C@@H]3CCCN(N3)C2=O)C(C)C)C1. The van der Waals surface area contributed by atoms with E-state index in [1.165, 1.54) is 16.0 Å². The molecule has 3 aliphatic heterocycles. The Labute approximate surface area is 393 Å². The molecule has 2 fully saturated rings. The van der Waals surface area contributed by atoms with E-state index in [1.807, 2.05) is 57.2 Å². The molecule has 0 aliphatic carbocycles. The number of nitrogens with zero attached hydrogens (tertiary/aromatic N) is 6. The minimum atomic E-state index is -1.08. The number of carbonyl (C=O) groups is 5. The van der Waals surface area contributed by atoms with E-state index < -0.39 is 47.2 Å². The summed E-state index contributed by atoms with van der Waals surface area (Å²) in [4.78, 5) is 77.2. The molecule has 15 heteroatoms. The molecule has 0 saturated carbocycles. The summed E-state index contributed by atoms with van der Waals surface area (Å²) >= 11 is 0. The maximum atomic E-state index is 14.7. The van der Waals surface area contributed by atoms with Crippen LogP contribution in [0.2, 0.25) is 0 Å². The average Bonchev–Trinajstić information content (AvgIpc) is 3.94. The van der Waals surface area contributed by atoms with Gasteiger partial charge in [0.25, 0.3) is 5.91 Å². The average molecular weight is 913 g/mol. The first-order chi connectivity index (χ1) is 32.0. The fourth-order valence-electron chi connectivity index (χ4n) is 9.95. The molecule has 4 aromatic rings. The summed E-state index contributed by atoms with van der Waals surface area (Å²) in [6.07, 6.45) is 5.02. The maximum Gasteiger partial charge on any atom is 0.324 e. The van der Waals surface area contributed by atoms with Gasteiger partial charge in [0, 0.05) is 74.8 Å². The fourth-order valence-corrected chi connectivity index (χ4v) is 9.95. The van der Waals surface area contributed by atoms with Crippen LogP contribution in [-0.2, 0) is 52.8 Å². The third-order valence-corrected chi connectivity index (χ3v) is 13.4. The number of amides is 4. The van der Waals surface area contributed by atoms with E-state index in [1.54, 1.807) is 25.3 Å². The number of aromatic nitrogens is 2. The lowest BCUT2D eigenvalue weighted by Crippen LogP contribution is -2.62. The number of aryl methyl sites for hydroxylation is 1. The van der Waals surface area contributed by atoms with Gasteiger partial charge in [-0.2, -0.15) is 5.26 Å². The van der Waals surface area contributed by atoms with Crippen LogP contribution in [-0.4, -0.2) is 112 Å². The van der Waals surface area contributed by atoms with Crippen molar-refractivity contribution in [2.24, 2.45) is 17.3 Å². The number of likely N-dealkylation sites (tertiary alicyclic amines) is 1. The molecule has 1 unspecified atom stereocenters. The van der Waals surface area contributed by atoms with Crippen molar-refractivity contribution < 1.29 is 33.4 Å². The Bertz CT molecular complexity index is 2580. The van der Waals surface area contributed by atoms with Crippen LogP contribution in [0.3, 0.4) is 0 Å². The van der Waals surface area contributed by atoms with Gasteiger partial charge in [-0.15, -0.1) is 0 Å². The van der Waals surface area contributed by atoms with Crippen molar-refractivity contribution in [1.82, 2.24) is 35.1 Å². The maximum absolute atomic E-state index is 14.7. The highest BCUT2D eigenvalue weighted by Gasteiger charge is 2.40. The molecular formula is C52H64N8O7. The predicted molar refractivity (Wildman–Crippen MR) is 254 cm³/mol. The van der Waals surface area contributed by atoms with Gasteiger partial charge in [-0.05, 0) is 91.1 Å². The zero-order chi connectivity index (χ0) is 48.2. The highest BCUT2D eigenvalue weighted by atomic mass is 16.5. The second-order valence-electron chi connectivity index (χ2n) is 19.3. The zero-order valence-corrected chi connectivity index (χ0v) is 39.8. The number of rotatable bonds is 11. The number of hydrogen-bond donors (Lipinski definition) is 2. The number of pyridine rings is 1. The van der Waals surface area contributed by atoms with Crippen LogP contribution in [0.5, 0.6) is 0 Å². The lowest BCUT2D eigenvalue weighted by Gasteiger charge is -2.37. The fraction of sp³-hybridized carbons (Fsp3) is 0.481. The van der Waals surface area contributed by atoms with Gasteiger partial charge in [-0.25, -0.2) is 5.43 Å². The second-order valence-corrected chi connectivity index (χ2v) is 19.3. The third-order valence-electron chi connectivity index (χ3n) is 13.4. The highest BCUT2D eigenvalue weighted by Crippen LogP contribution is 2.42. The Morgan fingerprint density at radius 2 is 1.87 bits per heavy atom. The summed E-state index contributed by atoms with van der Waals surface area (Å²) in [6.45, 7) is 14.9. The van der Waals surface area contributed by atoms with Crippen molar-refractivity contribution >= 4 is 40.5 Å². The molecule has 6 bridgehead atoms. The van der Waals surface area contributed by atoms with E-state index in [4.69, 9.17) is 14.5 Å². The summed E-state index contributed by atoms with van der Waals surface area (Å²) in [5.74, 6) is -2.68. The molecule has 15 nitrogen and oxygen atoms in total. The molecule has 2 aromatic carbocycles. The van der Waals surface area contributed by atoms with E-state index in [9.17, 15) is 29.2 Å². The Morgan fingerprint density at radius 3 is 2.60 bits per heavy atom. The quantitative estimate of drug-likeness (QED) is 0.131. The molecule has 2 aromatic heterocycles. The van der Waals surface area contributed by atoms with Gasteiger partial charge in [-0.3, -0.25) is 34.0 Å². The number of hydrogen-bond acceptors (Lipinski definition) is 10. The molecule has 0 radical (unpaired) electrons. The molecule has 67 heavy (non-hydrogen) atoms. The van der Waals surface area contributed by atoms with Crippen LogP contribution in [0.25, 0.3) is 33.3 Å². The standard InChI is InChI=1S/C52H64N8O7/c1-9-44(61)58-25-20-37(30-58)49(63)57(7)46(32(2)3)48(62)55-42-27-34-14-10-15-35(26-34)36-18-19-43-39(28-36)40(29-52(5,6)31-67-51(65)41-17-12-24-60(56-41)50(42)64)47(59(43)23-13-21-53)38-16-11-22-54-45(38)33(4)66-8/h9-11,14-16,18-19,22,26,28,32-33,37,41-42,46,56H,1,12-13,17,20,23-25,27,29-31H2,2-8H3,(H,55,62)/t33-,37-,41-,42-,46?/m0/s1. The number of hydrazine groups is 1. The number of benzene rings is 2. The number of methoxy groups -OCH3 is 1. The Balaban J connectivity index is 1.31. The van der Waals surface area contributed by atoms with Gasteiger partial charge in [0.15, 0.2) is 0 Å². The van der Waals surface area contributed by atoms with Crippen molar-refractivity contribution in [3.63, 3.8) is 0 Å². The predicted octanol–water partition coefficient (Wildman–Crippen LogP) is 6.16. The van der Waals surface area contributed by atoms with Crippen LogP contribution < -0.4 is 10.7 Å². The van der Waals surface area contributed by atoms with Gasteiger partial charge >= 0.3 is 5.97 Å². The molecule has 2 saturated heterocycles. The normalized spacial score (nSPS) is 20.7. The van der Waals surface area contributed by atoms with E-state index in [0.717, 1.165) is 50.1 Å². The van der Waals surface area contributed by atoms with Gasteiger partial charge in [-0.1, -0.05) is 64.6 Å². The molecule has 354 valence electrons. The molecule has 5 heterocycles. The number of esters is 1. The molecular weight excluding hydrogens is 849 g/mol. The van der Waals surface area contributed by atoms with Gasteiger partial charge in [0.1, 0.15) is 18.1 Å². The zero-order valence-electron chi connectivity index (χ0n) is 39.8. The van der Waals surface area contributed by atoms with Gasteiger partial charge in [0.2, 0.25) is 17.7 Å². The summed E-state index contributed by atoms with van der Waals surface area (Å²) in [5, 5.41) is 15.3. The first-order valence-corrected chi connectivity index (χ1v) is 23.4. The van der Waals surface area contributed by atoms with Crippen LogP contribution >= 0.6 is 0 Å². The van der Waals surface area contributed by atoms with Crippen LogP contribution in [0.15, 0.2) is 73.4 Å². The molecule has 3 aliphatic rings. The molecule has 0 spiro atoms. The minimum absolute atomic E-state index is 0.0866. The number of nitrogens with one attached hydrogen (secondary N) is 2. The van der Waals surface area contributed by atoms with Crippen molar-refractivity contribution in [2.45, 2.75) is 104 Å². The number of ether oxygens (including phenoxy) is 2. The van der Waals surface area contributed by atoms with Crippen LogP contribution in [0.1, 0.15) is 83.2 Å². The molecule has 5 atom stereocenters. The number of carbonyl (C=O) groups excluding carboxylic acids is 5. The Kier molecular flexibility index (Phi) is 15.0. The monoisotopic (exact) mass is 912 g/mol. The lowest BCUT2D eigenvalue weighted by molar-refractivity contribution is -0.155. The number of fused-ring (bicyclic) bond motifs is 6. The van der Waals surface area contributed by atoms with Gasteiger partial charge in [0.05, 0.1) is 42.5 Å². The van der Waals surface area contributed by atoms with E-state index in [2.05, 4.69) is 60.0 Å². The minimum Gasteiger partial charge on any atom is -0.464 e. The Morgan fingerprint density at radius 1 is 1.09 bits per heavy atom. The van der Waals surface area contributed by atoms with Crippen LogP contribution in [0, 0.1) is 28.6 Å². The summed E-state index contributed by atoms with van der Waals surface area (Å²) < 4.78 is 14.1. The summed E-state index contributed by atoms with van der Waals surface area (Å²) in [6, 6.07) is 17.7. The van der Waals surface area contributed by atoms with E-state index >= 15 is 0 Å². The summed E-state index contributed by atoms with van der Waals surface area (Å²) in [7, 11) is 3.26. The van der Waals surface area contributed by atoms with Crippen molar-refractivity contribution in [3.8, 4) is 28.5 Å². The topological polar surface area (TPSA) is 179 Å². The number of likely N-dealkylation sites (N-methyl/N-ethyl adjacent to an activating group) is 1.